The Bertz CT molecular complexity index is 469. The normalized spacial score (nSPS) is 16.3. The Balaban J connectivity index is 1.94. The van der Waals surface area contributed by atoms with E-state index in [1.807, 2.05) is 0 Å². The molecule has 0 saturated heterocycles. The highest BCUT2D eigenvalue weighted by molar-refractivity contribution is 5.85. The van der Waals surface area contributed by atoms with E-state index in [9.17, 15) is 10.2 Å². The maximum Gasteiger partial charge on any atom is 0.158 e. The van der Waals surface area contributed by atoms with Crippen molar-refractivity contribution in [2.24, 2.45) is 10.1 Å². The van der Waals surface area contributed by atoms with Crippen LogP contribution in [0.3, 0.4) is 0 Å². The van der Waals surface area contributed by atoms with Crippen molar-refractivity contribution >= 4 is 12.1 Å². The third-order valence-corrected chi connectivity index (χ3v) is 2.78. The van der Waals surface area contributed by atoms with E-state index in [1.165, 1.54) is 18.6 Å². The number of nitrogens with zero attached hydrogens (tertiary/aromatic N) is 2. The standard InChI is InChI=1S/C13H17N3O2/c17-11-6-5-10(8-12(11)18)9-15-16-13-4-2-1-3-7-14-13/h5-6,8-9,17-18H,1-4,7H2,(H,14,16)/b15-9+. The van der Waals surface area contributed by atoms with Crippen molar-refractivity contribution < 1.29 is 10.2 Å². The topological polar surface area (TPSA) is 77.2 Å². The lowest BCUT2D eigenvalue weighted by Gasteiger charge is -2.02. The van der Waals surface area contributed by atoms with Crippen molar-refractivity contribution in [2.45, 2.75) is 25.7 Å². The van der Waals surface area contributed by atoms with Gasteiger partial charge < -0.3 is 10.2 Å². The molecule has 0 aromatic heterocycles. The highest BCUT2D eigenvalue weighted by Crippen LogP contribution is 2.23. The van der Waals surface area contributed by atoms with Gasteiger partial charge in [0.1, 0.15) is 5.84 Å². The predicted molar refractivity (Wildman–Crippen MR) is 71.3 cm³/mol. The minimum absolute atomic E-state index is 0.131. The number of aliphatic imine (C=N–C) groups is 1. The highest BCUT2D eigenvalue weighted by Gasteiger charge is 2.02. The molecule has 1 aliphatic heterocycles. The number of rotatable bonds is 2. The van der Waals surface area contributed by atoms with Gasteiger partial charge in [-0.05, 0) is 36.6 Å². The van der Waals surface area contributed by atoms with Crippen LogP contribution in [0.5, 0.6) is 11.5 Å². The van der Waals surface area contributed by atoms with Crippen LogP contribution in [-0.4, -0.2) is 28.8 Å². The predicted octanol–water partition coefficient (Wildman–Crippen LogP) is 1.99. The van der Waals surface area contributed by atoms with E-state index in [4.69, 9.17) is 0 Å². The van der Waals surface area contributed by atoms with E-state index < -0.39 is 0 Å². The van der Waals surface area contributed by atoms with Crippen LogP contribution in [-0.2, 0) is 0 Å². The molecule has 5 nitrogen and oxygen atoms in total. The SMILES string of the molecule is Oc1ccc(/C=N/NC2=NCCCCC2)cc1O. The number of benzene rings is 1. The lowest BCUT2D eigenvalue weighted by molar-refractivity contribution is 0.403. The van der Waals surface area contributed by atoms with E-state index in [0.29, 0.717) is 5.56 Å². The first-order chi connectivity index (χ1) is 8.75. The summed E-state index contributed by atoms with van der Waals surface area (Å²) < 4.78 is 0. The molecule has 3 N–H and O–H groups in total. The Hall–Kier alpha value is -2.04. The molecule has 1 aromatic carbocycles. The van der Waals surface area contributed by atoms with Crippen molar-refractivity contribution in [3.63, 3.8) is 0 Å². The summed E-state index contributed by atoms with van der Waals surface area (Å²) in [5.41, 5.74) is 3.63. The van der Waals surface area contributed by atoms with Gasteiger partial charge in [0.2, 0.25) is 0 Å². The fourth-order valence-electron chi connectivity index (χ4n) is 1.77. The summed E-state index contributed by atoms with van der Waals surface area (Å²) in [7, 11) is 0. The van der Waals surface area contributed by atoms with Gasteiger partial charge in [0.15, 0.2) is 11.5 Å². The number of hydrogen-bond donors (Lipinski definition) is 3. The maximum absolute atomic E-state index is 9.33. The minimum Gasteiger partial charge on any atom is -0.504 e. The van der Waals surface area contributed by atoms with Crippen LogP contribution in [0.25, 0.3) is 0 Å². The summed E-state index contributed by atoms with van der Waals surface area (Å²) in [6.07, 6.45) is 6.01. The second-order valence-corrected chi connectivity index (χ2v) is 4.26. The number of nitrogens with one attached hydrogen (secondary N) is 1. The number of hydrazone groups is 1. The summed E-state index contributed by atoms with van der Waals surface area (Å²) in [5.74, 6) is 0.630. The third kappa shape index (κ3) is 3.48. The number of amidine groups is 1. The lowest BCUT2D eigenvalue weighted by Crippen LogP contribution is -2.17. The van der Waals surface area contributed by atoms with E-state index >= 15 is 0 Å². The summed E-state index contributed by atoms with van der Waals surface area (Å²) in [5, 5.41) is 22.6. The molecule has 0 aliphatic carbocycles. The molecule has 1 aromatic rings. The van der Waals surface area contributed by atoms with Gasteiger partial charge in [0.25, 0.3) is 0 Å². The highest BCUT2D eigenvalue weighted by atomic mass is 16.3. The molecule has 0 spiro atoms. The molecule has 18 heavy (non-hydrogen) atoms. The third-order valence-electron chi connectivity index (χ3n) is 2.78. The summed E-state index contributed by atoms with van der Waals surface area (Å²) in [6, 6.07) is 4.56. The molecular weight excluding hydrogens is 230 g/mol. The Morgan fingerprint density at radius 1 is 1.17 bits per heavy atom. The monoisotopic (exact) mass is 247 g/mol. The Morgan fingerprint density at radius 3 is 2.89 bits per heavy atom. The zero-order chi connectivity index (χ0) is 12.8. The van der Waals surface area contributed by atoms with Crippen molar-refractivity contribution in [1.29, 1.82) is 0 Å². The van der Waals surface area contributed by atoms with Crippen molar-refractivity contribution in [2.75, 3.05) is 6.54 Å². The molecular formula is C13H17N3O2. The first-order valence-electron chi connectivity index (χ1n) is 6.10. The molecule has 0 amide bonds. The molecule has 2 rings (SSSR count). The molecule has 0 atom stereocenters. The van der Waals surface area contributed by atoms with Gasteiger partial charge in [0, 0.05) is 13.0 Å². The van der Waals surface area contributed by atoms with E-state index in [-0.39, 0.29) is 11.5 Å². The minimum atomic E-state index is -0.147. The molecule has 0 fully saturated rings. The molecule has 1 heterocycles. The van der Waals surface area contributed by atoms with E-state index in [2.05, 4.69) is 15.5 Å². The van der Waals surface area contributed by atoms with Crippen LogP contribution in [0.4, 0.5) is 0 Å². The largest absolute Gasteiger partial charge is 0.504 e. The van der Waals surface area contributed by atoms with Crippen LogP contribution in [0.15, 0.2) is 28.3 Å². The summed E-state index contributed by atoms with van der Waals surface area (Å²) >= 11 is 0. The molecule has 5 heteroatoms. The van der Waals surface area contributed by atoms with Crippen LogP contribution < -0.4 is 5.43 Å². The van der Waals surface area contributed by atoms with E-state index in [0.717, 1.165) is 31.6 Å². The average Bonchev–Trinajstić information content (AvgIpc) is 2.62. The maximum atomic E-state index is 9.33. The molecule has 0 radical (unpaired) electrons. The van der Waals surface area contributed by atoms with Gasteiger partial charge in [-0.3, -0.25) is 10.4 Å². The fourth-order valence-corrected chi connectivity index (χ4v) is 1.77. The number of phenolic OH excluding ortho intramolecular Hbond substituents is 2. The molecule has 1 aliphatic rings. The van der Waals surface area contributed by atoms with Crippen molar-refractivity contribution in [3.8, 4) is 11.5 Å². The van der Waals surface area contributed by atoms with Crippen LogP contribution in [0.2, 0.25) is 0 Å². The van der Waals surface area contributed by atoms with Gasteiger partial charge in [-0.25, -0.2) is 0 Å². The first-order valence-corrected chi connectivity index (χ1v) is 6.10. The average molecular weight is 247 g/mol. The zero-order valence-electron chi connectivity index (χ0n) is 10.1. The second kappa shape index (κ2) is 6.05. The Kier molecular flexibility index (Phi) is 4.17. The molecule has 96 valence electrons. The van der Waals surface area contributed by atoms with Gasteiger partial charge in [0.05, 0.1) is 6.21 Å². The van der Waals surface area contributed by atoms with Gasteiger partial charge in [-0.1, -0.05) is 6.42 Å². The summed E-state index contributed by atoms with van der Waals surface area (Å²) in [6.45, 7) is 0.859. The Morgan fingerprint density at radius 2 is 2.06 bits per heavy atom. The fraction of sp³-hybridized carbons (Fsp3) is 0.385. The number of aromatic hydroxyl groups is 2. The second-order valence-electron chi connectivity index (χ2n) is 4.26. The van der Waals surface area contributed by atoms with Crippen molar-refractivity contribution in [3.05, 3.63) is 23.8 Å². The quantitative estimate of drug-likeness (QED) is 0.425. The zero-order valence-corrected chi connectivity index (χ0v) is 10.1. The molecule has 0 bridgehead atoms. The van der Waals surface area contributed by atoms with Gasteiger partial charge >= 0.3 is 0 Å². The van der Waals surface area contributed by atoms with Crippen LogP contribution in [0, 0.1) is 0 Å². The number of hydrogen-bond acceptors (Lipinski definition) is 5. The van der Waals surface area contributed by atoms with Gasteiger partial charge in [-0.15, -0.1) is 0 Å². The number of phenols is 2. The summed E-state index contributed by atoms with van der Waals surface area (Å²) in [4.78, 5) is 4.39. The van der Waals surface area contributed by atoms with Gasteiger partial charge in [-0.2, -0.15) is 5.10 Å². The van der Waals surface area contributed by atoms with Crippen LogP contribution >= 0.6 is 0 Å². The molecule has 0 unspecified atom stereocenters. The van der Waals surface area contributed by atoms with E-state index in [1.54, 1.807) is 12.3 Å². The van der Waals surface area contributed by atoms with Crippen molar-refractivity contribution in [1.82, 2.24) is 5.43 Å². The Labute approximate surface area is 106 Å². The smallest absolute Gasteiger partial charge is 0.158 e. The van der Waals surface area contributed by atoms with Crippen LogP contribution in [0.1, 0.15) is 31.2 Å². The molecule has 0 saturated carbocycles. The lowest BCUT2D eigenvalue weighted by atomic mass is 10.2. The first kappa shape index (κ1) is 12.4.